The molecule has 0 spiro atoms. The zero-order valence-corrected chi connectivity index (χ0v) is 8.19. The number of hydrogen-bond donors (Lipinski definition) is 0. The summed E-state index contributed by atoms with van der Waals surface area (Å²) in [7, 11) is 0. The minimum Gasteiger partial charge on any atom is -0.397 e. The van der Waals surface area contributed by atoms with Crippen molar-refractivity contribution in [1.29, 1.82) is 0 Å². The van der Waals surface area contributed by atoms with E-state index in [0.717, 1.165) is 0 Å². The molecule has 2 rings (SSSR count). The highest BCUT2D eigenvalue weighted by atomic mass is 32.1. The van der Waals surface area contributed by atoms with Crippen LogP contribution in [0.3, 0.4) is 0 Å². The molecule has 0 fully saturated rings. The summed E-state index contributed by atoms with van der Waals surface area (Å²) in [5.41, 5.74) is 0. The molecule has 0 bridgehead atoms. The van der Waals surface area contributed by atoms with Crippen molar-refractivity contribution in [2.24, 2.45) is 0 Å². The summed E-state index contributed by atoms with van der Waals surface area (Å²) in [4.78, 5) is 21.8. The predicted molar refractivity (Wildman–Crippen MR) is 53.1 cm³/mol. The van der Waals surface area contributed by atoms with Crippen LogP contribution in [0.15, 0.2) is 34.1 Å². The number of furan rings is 1. The van der Waals surface area contributed by atoms with Gasteiger partial charge in [0, 0.05) is 0 Å². The predicted octanol–water partition coefficient (Wildman–Crippen LogP) is 2.48. The molecule has 0 aliphatic rings. The van der Waals surface area contributed by atoms with Crippen molar-refractivity contribution in [2.45, 2.75) is 0 Å². The number of ketones is 1. The number of nitro groups is 1. The van der Waals surface area contributed by atoms with Crippen LogP contribution in [0.2, 0.25) is 0 Å². The standard InChI is InChI=1S/C9H5NO4S/c11-9(7-2-1-5-15-7)6-3-4-8(14-6)10(12)13/h1-5H. The fourth-order valence-electron chi connectivity index (χ4n) is 1.08. The van der Waals surface area contributed by atoms with Crippen LogP contribution < -0.4 is 0 Å². The molecule has 0 atom stereocenters. The van der Waals surface area contributed by atoms with Crippen molar-refractivity contribution in [3.8, 4) is 0 Å². The number of rotatable bonds is 3. The van der Waals surface area contributed by atoms with Gasteiger partial charge in [-0.05, 0) is 17.5 Å². The van der Waals surface area contributed by atoms with E-state index in [-0.39, 0.29) is 11.5 Å². The lowest BCUT2D eigenvalue weighted by Crippen LogP contribution is -1.95. The molecular weight excluding hydrogens is 218 g/mol. The Morgan fingerprint density at radius 1 is 1.40 bits per heavy atom. The van der Waals surface area contributed by atoms with Crippen LogP contribution in [0.4, 0.5) is 5.88 Å². The summed E-state index contributed by atoms with van der Waals surface area (Å²) < 4.78 is 4.79. The Labute approximate surface area is 88.1 Å². The Balaban J connectivity index is 2.31. The van der Waals surface area contributed by atoms with Crippen molar-refractivity contribution in [2.75, 3.05) is 0 Å². The molecule has 0 aromatic carbocycles. The molecule has 0 saturated heterocycles. The van der Waals surface area contributed by atoms with Crippen LogP contribution in [-0.2, 0) is 0 Å². The maximum Gasteiger partial charge on any atom is 0.433 e. The number of hydrogen-bond acceptors (Lipinski definition) is 5. The maximum absolute atomic E-state index is 11.6. The number of carbonyl (C=O) groups excluding carboxylic acids is 1. The van der Waals surface area contributed by atoms with E-state index in [4.69, 9.17) is 4.42 Å². The normalized spacial score (nSPS) is 10.1. The minimum atomic E-state index is -0.675. The van der Waals surface area contributed by atoms with Crippen LogP contribution >= 0.6 is 11.3 Å². The third-order valence-corrected chi connectivity index (χ3v) is 2.61. The average molecular weight is 223 g/mol. The zero-order chi connectivity index (χ0) is 10.8. The monoisotopic (exact) mass is 223 g/mol. The van der Waals surface area contributed by atoms with Gasteiger partial charge in [0.05, 0.1) is 10.9 Å². The van der Waals surface area contributed by atoms with Gasteiger partial charge in [0.15, 0.2) is 5.76 Å². The summed E-state index contributed by atoms with van der Waals surface area (Å²) in [6.45, 7) is 0. The first-order valence-corrected chi connectivity index (χ1v) is 4.89. The fraction of sp³-hybridized carbons (Fsp3) is 0. The van der Waals surface area contributed by atoms with Gasteiger partial charge in [0.1, 0.15) is 4.92 Å². The van der Waals surface area contributed by atoms with E-state index in [1.807, 2.05) is 0 Å². The molecule has 2 heterocycles. The third kappa shape index (κ3) is 1.79. The second kappa shape index (κ2) is 3.66. The largest absolute Gasteiger partial charge is 0.433 e. The third-order valence-electron chi connectivity index (χ3n) is 1.74. The summed E-state index contributed by atoms with van der Waals surface area (Å²) in [6.07, 6.45) is 0. The van der Waals surface area contributed by atoms with Crippen LogP contribution in [-0.4, -0.2) is 10.7 Å². The smallest absolute Gasteiger partial charge is 0.397 e. The molecule has 5 nitrogen and oxygen atoms in total. The molecule has 0 aliphatic heterocycles. The quantitative estimate of drug-likeness (QED) is 0.455. The Hall–Kier alpha value is -1.95. The highest BCUT2D eigenvalue weighted by Gasteiger charge is 2.18. The molecule has 6 heteroatoms. The Kier molecular flexibility index (Phi) is 2.34. The van der Waals surface area contributed by atoms with E-state index < -0.39 is 10.8 Å². The van der Waals surface area contributed by atoms with Crippen molar-refractivity contribution >= 4 is 23.0 Å². The van der Waals surface area contributed by atoms with E-state index in [9.17, 15) is 14.9 Å². The van der Waals surface area contributed by atoms with E-state index in [0.29, 0.717) is 4.88 Å². The topological polar surface area (TPSA) is 73.3 Å². The molecule has 0 saturated carbocycles. The van der Waals surface area contributed by atoms with Gasteiger partial charge >= 0.3 is 5.88 Å². The number of thiophene rings is 1. The van der Waals surface area contributed by atoms with Gasteiger partial charge in [-0.3, -0.25) is 14.9 Å². The first-order valence-electron chi connectivity index (χ1n) is 4.01. The molecule has 76 valence electrons. The first-order chi connectivity index (χ1) is 7.18. The molecule has 0 aliphatic carbocycles. The van der Waals surface area contributed by atoms with Gasteiger partial charge in [-0.15, -0.1) is 11.3 Å². The van der Waals surface area contributed by atoms with E-state index in [2.05, 4.69) is 0 Å². The SMILES string of the molecule is O=C(c1ccc([N+](=O)[O-])o1)c1cccs1. The second-order valence-electron chi connectivity index (χ2n) is 2.70. The van der Waals surface area contributed by atoms with Gasteiger partial charge < -0.3 is 4.42 Å². The van der Waals surface area contributed by atoms with Crippen molar-refractivity contribution in [3.05, 3.63) is 50.4 Å². The van der Waals surface area contributed by atoms with Crippen molar-refractivity contribution in [3.63, 3.8) is 0 Å². The highest BCUT2D eigenvalue weighted by molar-refractivity contribution is 7.12. The van der Waals surface area contributed by atoms with Gasteiger partial charge in [0.25, 0.3) is 0 Å². The first kappa shape index (κ1) is 9.60. The molecule has 0 amide bonds. The lowest BCUT2D eigenvalue weighted by molar-refractivity contribution is -0.402. The summed E-state index contributed by atoms with van der Waals surface area (Å²) in [6, 6.07) is 5.84. The van der Waals surface area contributed by atoms with Crippen LogP contribution in [0.5, 0.6) is 0 Å². The van der Waals surface area contributed by atoms with Gasteiger partial charge in [0.2, 0.25) is 5.78 Å². The number of nitrogens with zero attached hydrogens (tertiary/aromatic N) is 1. The van der Waals surface area contributed by atoms with Gasteiger partial charge in [-0.2, -0.15) is 0 Å². The lowest BCUT2D eigenvalue weighted by Gasteiger charge is -1.90. The Bertz CT molecular complexity index is 500. The molecule has 2 aromatic rings. The van der Waals surface area contributed by atoms with E-state index >= 15 is 0 Å². The Morgan fingerprint density at radius 3 is 2.73 bits per heavy atom. The summed E-state index contributed by atoms with van der Waals surface area (Å²) in [5, 5.41) is 12.1. The molecule has 0 unspecified atom stereocenters. The molecule has 0 N–H and O–H groups in total. The van der Waals surface area contributed by atoms with Crippen LogP contribution in [0.25, 0.3) is 0 Å². The molecular formula is C9H5NO4S. The second-order valence-corrected chi connectivity index (χ2v) is 3.65. The molecule has 15 heavy (non-hydrogen) atoms. The molecule has 2 aromatic heterocycles. The average Bonchev–Trinajstić information content (AvgIpc) is 2.88. The van der Waals surface area contributed by atoms with Crippen molar-refractivity contribution in [1.82, 2.24) is 0 Å². The van der Waals surface area contributed by atoms with Gasteiger partial charge in [-0.25, -0.2) is 0 Å². The summed E-state index contributed by atoms with van der Waals surface area (Å²) in [5.74, 6) is -0.767. The van der Waals surface area contributed by atoms with Crippen LogP contribution in [0.1, 0.15) is 15.4 Å². The molecule has 0 radical (unpaired) electrons. The minimum absolute atomic E-state index is 0.0100. The Morgan fingerprint density at radius 2 is 2.20 bits per heavy atom. The maximum atomic E-state index is 11.6. The van der Waals surface area contributed by atoms with Gasteiger partial charge in [-0.1, -0.05) is 6.07 Å². The highest BCUT2D eigenvalue weighted by Crippen LogP contribution is 2.20. The van der Waals surface area contributed by atoms with Crippen molar-refractivity contribution < 1.29 is 14.1 Å². The van der Waals surface area contributed by atoms with Crippen LogP contribution in [0, 0.1) is 10.1 Å². The summed E-state index contributed by atoms with van der Waals surface area (Å²) >= 11 is 1.26. The van der Waals surface area contributed by atoms with E-state index in [1.165, 1.54) is 23.5 Å². The fourth-order valence-corrected chi connectivity index (χ4v) is 1.75. The lowest BCUT2D eigenvalue weighted by atomic mass is 10.2. The zero-order valence-electron chi connectivity index (χ0n) is 7.38. The number of carbonyl (C=O) groups is 1. The van der Waals surface area contributed by atoms with E-state index in [1.54, 1.807) is 17.5 Å².